The van der Waals surface area contributed by atoms with Crippen molar-refractivity contribution in [1.29, 1.82) is 0 Å². The molecule has 150 valence electrons. The summed E-state index contributed by atoms with van der Waals surface area (Å²) in [5.41, 5.74) is 1.38. The fraction of sp³-hybridized carbons (Fsp3) is 0.273. The standard InChI is InChI=1S/C22H22FN3O3/c1-29-17-7-6-15-12-16(21(27)24-20(15)13-17)14-25-8-10-26(11-9-25)22(28)18-4-2-3-5-19(18)23/h2-7,12-13H,8-11,14H2,1H3,(H,24,27). The summed E-state index contributed by atoms with van der Waals surface area (Å²) in [6, 6.07) is 13.5. The largest absolute Gasteiger partial charge is 0.497 e. The van der Waals surface area contributed by atoms with Crippen LogP contribution in [0.3, 0.4) is 0 Å². The Morgan fingerprint density at radius 3 is 2.59 bits per heavy atom. The lowest BCUT2D eigenvalue weighted by Crippen LogP contribution is -2.48. The topological polar surface area (TPSA) is 65.6 Å². The first kappa shape index (κ1) is 19.1. The number of hydrogen-bond acceptors (Lipinski definition) is 4. The van der Waals surface area contributed by atoms with Gasteiger partial charge >= 0.3 is 0 Å². The van der Waals surface area contributed by atoms with Crippen LogP contribution >= 0.6 is 0 Å². The van der Waals surface area contributed by atoms with E-state index in [4.69, 9.17) is 4.74 Å². The summed E-state index contributed by atoms with van der Waals surface area (Å²) < 4.78 is 19.1. The molecule has 0 unspecified atom stereocenters. The van der Waals surface area contributed by atoms with Gasteiger partial charge in [-0.3, -0.25) is 14.5 Å². The van der Waals surface area contributed by atoms with Gasteiger partial charge in [0.15, 0.2) is 0 Å². The van der Waals surface area contributed by atoms with Crippen molar-refractivity contribution < 1.29 is 13.9 Å². The number of ether oxygens (including phenoxy) is 1. The van der Waals surface area contributed by atoms with Crippen LogP contribution < -0.4 is 10.3 Å². The predicted molar refractivity (Wildman–Crippen MR) is 109 cm³/mol. The fourth-order valence-corrected chi connectivity index (χ4v) is 3.62. The number of H-pyrrole nitrogens is 1. The maximum Gasteiger partial charge on any atom is 0.256 e. The van der Waals surface area contributed by atoms with Crippen LogP contribution in [0, 0.1) is 5.82 Å². The Morgan fingerprint density at radius 1 is 1.10 bits per heavy atom. The third-order valence-corrected chi connectivity index (χ3v) is 5.29. The first-order chi connectivity index (χ1) is 14.0. The Hall–Kier alpha value is -3.19. The van der Waals surface area contributed by atoms with Gasteiger partial charge in [-0.1, -0.05) is 12.1 Å². The van der Waals surface area contributed by atoms with Crippen molar-refractivity contribution in [2.75, 3.05) is 33.3 Å². The van der Waals surface area contributed by atoms with Gasteiger partial charge in [0.05, 0.1) is 18.2 Å². The number of carbonyl (C=O) groups is 1. The van der Waals surface area contributed by atoms with Gasteiger partial charge in [-0.2, -0.15) is 0 Å². The van der Waals surface area contributed by atoms with Gasteiger partial charge in [0.25, 0.3) is 11.5 Å². The number of carbonyl (C=O) groups excluding carboxylic acids is 1. The summed E-state index contributed by atoms with van der Waals surface area (Å²) in [6.45, 7) is 2.74. The molecule has 7 heteroatoms. The van der Waals surface area contributed by atoms with E-state index in [0.29, 0.717) is 44.0 Å². The molecule has 29 heavy (non-hydrogen) atoms. The molecule has 2 heterocycles. The van der Waals surface area contributed by atoms with Crippen LogP contribution in [0.25, 0.3) is 10.9 Å². The molecule has 1 fully saturated rings. The minimum absolute atomic E-state index is 0.0994. The zero-order chi connectivity index (χ0) is 20.4. The molecule has 1 aliphatic rings. The average Bonchev–Trinajstić information content (AvgIpc) is 2.74. The van der Waals surface area contributed by atoms with E-state index in [1.165, 1.54) is 12.1 Å². The summed E-state index contributed by atoms with van der Waals surface area (Å²) >= 11 is 0. The number of nitrogens with one attached hydrogen (secondary N) is 1. The summed E-state index contributed by atoms with van der Waals surface area (Å²) in [4.78, 5) is 31.7. The van der Waals surface area contributed by atoms with Gasteiger partial charge in [0.2, 0.25) is 0 Å². The molecule has 0 aliphatic carbocycles. The number of benzene rings is 2. The second-order valence-corrected chi connectivity index (χ2v) is 7.13. The Bertz CT molecular complexity index is 1100. The van der Waals surface area contributed by atoms with Crippen molar-refractivity contribution in [1.82, 2.24) is 14.8 Å². The van der Waals surface area contributed by atoms with Crippen molar-refractivity contribution in [2.45, 2.75) is 6.54 Å². The van der Waals surface area contributed by atoms with Gasteiger partial charge in [0, 0.05) is 44.4 Å². The summed E-state index contributed by atoms with van der Waals surface area (Å²) in [5, 5.41) is 0.939. The zero-order valence-corrected chi connectivity index (χ0v) is 16.2. The lowest BCUT2D eigenvalue weighted by molar-refractivity contribution is 0.0623. The van der Waals surface area contributed by atoms with Crippen molar-refractivity contribution in [3.8, 4) is 5.75 Å². The van der Waals surface area contributed by atoms with Gasteiger partial charge in [-0.15, -0.1) is 0 Å². The molecule has 0 radical (unpaired) electrons. The first-order valence-corrected chi connectivity index (χ1v) is 9.51. The smallest absolute Gasteiger partial charge is 0.256 e. The second-order valence-electron chi connectivity index (χ2n) is 7.13. The fourth-order valence-electron chi connectivity index (χ4n) is 3.62. The van der Waals surface area contributed by atoms with E-state index < -0.39 is 5.82 Å². The molecule has 1 aliphatic heterocycles. The summed E-state index contributed by atoms with van der Waals surface area (Å²) in [6.07, 6.45) is 0. The molecule has 0 spiro atoms. The summed E-state index contributed by atoms with van der Waals surface area (Å²) in [7, 11) is 1.59. The number of rotatable bonds is 4. The molecule has 2 aromatic carbocycles. The number of pyridine rings is 1. The van der Waals surface area contributed by atoms with Crippen LogP contribution in [0.1, 0.15) is 15.9 Å². The molecule has 1 amide bonds. The normalized spacial score (nSPS) is 14.9. The van der Waals surface area contributed by atoms with E-state index in [0.717, 1.165) is 10.9 Å². The van der Waals surface area contributed by atoms with Gasteiger partial charge in [0.1, 0.15) is 11.6 Å². The number of piperazine rings is 1. The lowest BCUT2D eigenvalue weighted by Gasteiger charge is -2.34. The SMILES string of the molecule is COc1ccc2cc(CN3CCN(C(=O)c4ccccc4F)CC3)c(=O)[nH]c2c1. The van der Waals surface area contributed by atoms with Gasteiger partial charge < -0.3 is 14.6 Å². The number of halogens is 1. The van der Waals surface area contributed by atoms with Crippen LogP contribution in [0.5, 0.6) is 5.75 Å². The Kier molecular flexibility index (Phi) is 5.31. The van der Waals surface area contributed by atoms with Crippen LogP contribution in [0.4, 0.5) is 4.39 Å². The highest BCUT2D eigenvalue weighted by Crippen LogP contribution is 2.19. The highest BCUT2D eigenvalue weighted by molar-refractivity contribution is 5.94. The van der Waals surface area contributed by atoms with Crippen molar-refractivity contribution in [2.24, 2.45) is 0 Å². The van der Waals surface area contributed by atoms with Crippen molar-refractivity contribution in [3.05, 3.63) is 75.8 Å². The highest BCUT2D eigenvalue weighted by atomic mass is 19.1. The number of hydrogen-bond donors (Lipinski definition) is 1. The Balaban J connectivity index is 1.43. The molecule has 4 rings (SSSR count). The predicted octanol–water partition coefficient (Wildman–Crippen LogP) is 2.63. The molecule has 1 N–H and O–H groups in total. The number of aromatic amines is 1. The molecule has 6 nitrogen and oxygen atoms in total. The number of aromatic nitrogens is 1. The average molecular weight is 395 g/mol. The Morgan fingerprint density at radius 2 is 1.86 bits per heavy atom. The number of fused-ring (bicyclic) bond motifs is 1. The molecule has 0 bridgehead atoms. The first-order valence-electron chi connectivity index (χ1n) is 9.51. The maximum atomic E-state index is 13.9. The second kappa shape index (κ2) is 8.05. The quantitative estimate of drug-likeness (QED) is 0.738. The Labute approximate surface area is 167 Å². The molecule has 1 aromatic heterocycles. The number of amides is 1. The number of nitrogens with zero attached hydrogens (tertiary/aromatic N) is 2. The van der Waals surface area contributed by atoms with E-state index in [9.17, 15) is 14.0 Å². The molecular weight excluding hydrogens is 373 g/mol. The van der Waals surface area contributed by atoms with Crippen molar-refractivity contribution in [3.63, 3.8) is 0 Å². The van der Waals surface area contributed by atoms with Crippen LogP contribution in [-0.4, -0.2) is 54.0 Å². The molecule has 1 saturated heterocycles. The summed E-state index contributed by atoms with van der Waals surface area (Å²) in [5.74, 6) is -0.101. The molecular formula is C22H22FN3O3. The molecule has 0 saturated carbocycles. The molecule has 0 atom stereocenters. The van der Waals surface area contributed by atoms with Crippen molar-refractivity contribution >= 4 is 16.8 Å². The van der Waals surface area contributed by atoms with Crippen LogP contribution in [-0.2, 0) is 6.54 Å². The number of methoxy groups -OCH3 is 1. The third kappa shape index (κ3) is 4.00. The minimum Gasteiger partial charge on any atom is -0.497 e. The highest BCUT2D eigenvalue weighted by Gasteiger charge is 2.24. The van der Waals surface area contributed by atoms with E-state index in [1.807, 2.05) is 18.2 Å². The van der Waals surface area contributed by atoms with E-state index in [2.05, 4.69) is 9.88 Å². The lowest BCUT2D eigenvalue weighted by atomic mass is 10.1. The van der Waals surface area contributed by atoms with Gasteiger partial charge in [-0.05, 0) is 35.7 Å². The van der Waals surface area contributed by atoms with E-state index in [1.54, 1.807) is 30.2 Å². The monoisotopic (exact) mass is 395 g/mol. The van der Waals surface area contributed by atoms with E-state index in [-0.39, 0.29) is 17.0 Å². The third-order valence-electron chi connectivity index (χ3n) is 5.29. The van der Waals surface area contributed by atoms with Gasteiger partial charge in [-0.25, -0.2) is 4.39 Å². The van der Waals surface area contributed by atoms with Crippen LogP contribution in [0.2, 0.25) is 0 Å². The minimum atomic E-state index is -0.501. The maximum absolute atomic E-state index is 13.9. The molecule has 3 aromatic rings. The van der Waals surface area contributed by atoms with E-state index >= 15 is 0 Å². The zero-order valence-electron chi connectivity index (χ0n) is 16.2. The van der Waals surface area contributed by atoms with Crippen LogP contribution in [0.15, 0.2) is 53.3 Å².